The minimum Gasteiger partial charge on any atom is -0.377 e. The molecule has 0 aliphatic carbocycles. The van der Waals surface area contributed by atoms with Gasteiger partial charge in [-0.25, -0.2) is 0 Å². The van der Waals surface area contributed by atoms with Crippen LogP contribution < -0.4 is 10.2 Å². The van der Waals surface area contributed by atoms with Crippen LogP contribution in [0.25, 0.3) is 0 Å². The number of carbonyl (C=O) groups excluding carboxylic acids is 2. The molecular weight excluding hydrogens is 422 g/mol. The SMILES string of the molecule is CN(C)c1ccc(NC(=O)CCCl)cc1CN(C[C@@H]1CCCO1)C(=O)c1cccs1. The molecule has 1 fully saturated rings. The van der Waals surface area contributed by atoms with Crippen molar-refractivity contribution in [1.82, 2.24) is 4.90 Å². The Morgan fingerprint density at radius 1 is 1.30 bits per heavy atom. The van der Waals surface area contributed by atoms with E-state index in [1.54, 1.807) is 0 Å². The van der Waals surface area contributed by atoms with Crippen LogP contribution in [-0.4, -0.2) is 55.9 Å². The first-order valence-corrected chi connectivity index (χ1v) is 11.5. The number of rotatable bonds is 9. The van der Waals surface area contributed by atoms with Gasteiger partial charge in [0.05, 0.1) is 11.0 Å². The van der Waals surface area contributed by atoms with Crippen LogP contribution in [0.1, 0.15) is 34.5 Å². The first-order valence-electron chi connectivity index (χ1n) is 10.1. The fourth-order valence-electron chi connectivity index (χ4n) is 3.55. The Kier molecular flexibility index (Phi) is 8.13. The topological polar surface area (TPSA) is 61.9 Å². The van der Waals surface area contributed by atoms with Crippen LogP contribution in [0.3, 0.4) is 0 Å². The second-order valence-corrected chi connectivity index (χ2v) is 8.85. The Labute approximate surface area is 186 Å². The third-order valence-electron chi connectivity index (χ3n) is 5.00. The summed E-state index contributed by atoms with van der Waals surface area (Å²) in [6, 6.07) is 9.51. The van der Waals surface area contributed by atoms with E-state index in [4.69, 9.17) is 16.3 Å². The first-order chi connectivity index (χ1) is 14.5. The highest BCUT2D eigenvalue weighted by atomic mass is 35.5. The van der Waals surface area contributed by atoms with Gasteiger partial charge in [-0.3, -0.25) is 9.59 Å². The molecule has 3 rings (SSSR count). The summed E-state index contributed by atoms with van der Waals surface area (Å²) in [7, 11) is 3.94. The monoisotopic (exact) mass is 449 g/mol. The molecule has 8 heteroatoms. The predicted molar refractivity (Wildman–Crippen MR) is 123 cm³/mol. The van der Waals surface area contributed by atoms with Gasteiger partial charge in [-0.2, -0.15) is 0 Å². The smallest absolute Gasteiger partial charge is 0.264 e. The number of benzene rings is 1. The number of nitrogens with one attached hydrogen (secondary N) is 1. The number of alkyl halides is 1. The molecule has 0 unspecified atom stereocenters. The van der Waals surface area contributed by atoms with Gasteiger partial charge in [0.1, 0.15) is 0 Å². The fraction of sp³-hybridized carbons (Fsp3) is 0.455. The average Bonchev–Trinajstić information content (AvgIpc) is 3.41. The van der Waals surface area contributed by atoms with E-state index in [1.165, 1.54) is 11.3 Å². The lowest BCUT2D eigenvalue weighted by molar-refractivity contribution is -0.115. The molecule has 1 aromatic carbocycles. The minimum atomic E-state index is -0.126. The molecule has 1 N–H and O–H groups in total. The van der Waals surface area contributed by atoms with Crippen molar-refractivity contribution in [2.75, 3.05) is 43.3 Å². The maximum atomic E-state index is 13.2. The normalized spacial score (nSPS) is 15.8. The number of halogens is 1. The molecule has 0 bridgehead atoms. The molecule has 6 nitrogen and oxygen atoms in total. The Morgan fingerprint density at radius 3 is 2.77 bits per heavy atom. The molecule has 1 aromatic heterocycles. The van der Waals surface area contributed by atoms with Crippen LogP contribution in [0.2, 0.25) is 0 Å². The second kappa shape index (κ2) is 10.8. The number of hydrogen-bond donors (Lipinski definition) is 1. The fourth-order valence-corrected chi connectivity index (χ4v) is 4.41. The van der Waals surface area contributed by atoms with Crippen molar-refractivity contribution >= 4 is 46.1 Å². The second-order valence-electron chi connectivity index (χ2n) is 7.52. The van der Waals surface area contributed by atoms with E-state index in [2.05, 4.69) is 5.32 Å². The summed E-state index contributed by atoms with van der Waals surface area (Å²) >= 11 is 7.12. The highest BCUT2D eigenvalue weighted by molar-refractivity contribution is 7.12. The quantitative estimate of drug-likeness (QED) is 0.583. The number of nitrogens with zero attached hydrogens (tertiary/aromatic N) is 2. The van der Waals surface area contributed by atoms with Gasteiger partial charge in [0.15, 0.2) is 0 Å². The summed E-state index contributed by atoms with van der Waals surface area (Å²) in [6.45, 7) is 1.73. The zero-order chi connectivity index (χ0) is 21.5. The molecule has 1 atom stereocenters. The lowest BCUT2D eigenvalue weighted by atomic mass is 10.1. The molecule has 162 valence electrons. The third-order valence-corrected chi connectivity index (χ3v) is 6.04. The molecule has 30 heavy (non-hydrogen) atoms. The van der Waals surface area contributed by atoms with Crippen LogP contribution in [0.5, 0.6) is 0 Å². The van der Waals surface area contributed by atoms with E-state index in [9.17, 15) is 9.59 Å². The van der Waals surface area contributed by atoms with Gasteiger partial charge < -0.3 is 19.9 Å². The Hall–Kier alpha value is -2.09. The summed E-state index contributed by atoms with van der Waals surface area (Å²) in [4.78, 5) is 29.8. The number of amides is 2. The lowest BCUT2D eigenvalue weighted by Gasteiger charge is -2.28. The lowest BCUT2D eigenvalue weighted by Crippen LogP contribution is -2.37. The van der Waals surface area contributed by atoms with Crippen LogP contribution in [0.4, 0.5) is 11.4 Å². The molecule has 1 aliphatic rings. The molecular formula is C22H28ClN3O3S. The van der Waals surface area contributed by atoms with Gasteiger partial charge in [0.25, 0.3) is 5.91 Å². The van der Waals surface area contributed by atoms with E-state index in [0.717, 1.165) is 30.7 Å². The highest BCUT2D eigenvalue weighted by Gasteiger charge is 2.25. The van der Waals surface area contributed by atoms with Crippen molar-refractivity contribution in [3.8, 4) is 0 Å². The highest BCUT2D eigenvalue weighted by Crippen LogP contribution is 2.27. The zero-order valence-electron chi connectivity index (χ0n) is 17.4. The van der Waals surface area contributed by atoms with Gasteiger partial charge in [-0.15, -0.1) is 22.9 Å². The molecule has 2 aromatic rings. The van der Waals surface area contributed by atoms with Gasteiger partial charge in [0.2, 0.25) is 5.91 Å². The Morgan fingerprint density at radius 2 is 2.13 bits per heavy atom. The summed E-state index contributed by atoms with van der Waals surface area (Å²) in [5.41, 5.74) is 2.67. The standard InChI is InChI=1S/C22H28ClN3O3S/c1-25(2)19-8-7-17(24-21(27)9-10-23)13-16(19)14-26(15-18-5-3-11-29-18)22(28)20-6-4-12-30-20/h4,6-8,12-13,18H,3,5,9-11,14-15H2,1-2H3,(H,24,27)/t18-/m0/s1. The van der Waals surface area contributed by atoms with Crippen molar-refractivity contribution in [2.24, 2.45) is 0 Å². The maximum Gasteiger partial charge on any atom is 0.264 e. The molecule has 2 heterocycles. The van der Waals surface area contributed by atoms with Crippen molar-refractivity contribution in [3.05, 3.63) is 46.2 Å². The number of hydrogen-bond acceptors (Lipinski definition) is 5. The molecule has 0 radical (unpaired) electrons. The van der Waals surface area contributed by atoms with E-state index < -0.39 is 0 Å². The van der Waals surface area contributed by atoms with Gasteiger partial charge in [-0.1, -0.05) is 6.07 Å². The molecule has 0 saturated carbocycles. The van der Waals surface area contributed by atoms with Gasteiger partial charge in [-0.05, 0) is 48.1 Å². The van der Waals surface area contributed by atoms with E-state index in [0.29, 0.717) is 23.7 Å². The van der Waals surface area contributed by atoms with Crippen molar-refractivity contribution in [2.45, 2.75) is 31.9 Å². The number of ether oxygens (including phenoxy) is 1. The number of thiophene rings is 1. The van der Waals surface area contributed by atoms with E-state index >= 15 is 0 Å². The summed E-state index contributed by atoms with van der Waals surface area (Å²) in [5, 5.41) is 4.80. The molecule has 2 amide bonds. The van der Waals surface area contributed by atoms with Gasteiger partial charge in [0, 0.05) is 57.5 Å². The van der Waals surface area contributed by atoms with Crippen LogP contribution in [0.15, 0.2) is 35.7 Å². The zero-order valence-corrected chi connectivity index (χ0v) is 19.0. The van der Waals surface area contributed by atoms with Crippen LogP contribution in [0, 0.1) is 0 Å². The summed E-state index contributed by atoms with van der Waals surface area (Å²) in [5.74, 6) is 0.153. The average molecular weight is 450 g/mol. The molecule has 1 saturated heterocycles. The number of anilines is 2. The van der Waals surface area contributed by atoms with Crippen LogP contribution >= 0.6 is 22.9 Å². The Balaban J connectivity index is 1.86. The summed E-state index contributed by atoms with van der Waals surface area (Å²) < 4.78 is 5.80. The summed E-state index contributed by atoms with van der Waals surface area (Å²) in [6.07, 6.45) is 2.30. The molecule has 0 spiro atoms. The number of carbonyl (C=O) groups is 2. The van der Waals surface area contributed by atoms with Crippen LogP contribution in [-0.2, 0) is 16.1 Å². The third kappa shape index (κ3) is 5.97. The molecule has 1 aliphatic heterocycles. The van der Waals surface area contributed by atoms with E-state index in [-0.39, 0.29) is 30.2 Å². The van der Waals surface area contributed by atoms with Gasteiger partial charge >= 0.3 is 0 Å². The minimum absolute atomic E-state index is 0.00165. The Bertz CT molecular complexity index is 851. The largest absolute Gasteiger partial charge is 0.377 e. The first kappa shape index (κ1) is 22.6. The van der Waals surface area contributed by atoms with Crippen molar-refractivity contribution < 1.29 is 14.3 Å². The van der Waals surface area contributed by atoms with Crippen molar-refractivity contribution in [1.29, 1.82) is 0 Å². The maximum absolute atomic E-state index is 13.2. The van der Waals surface area contributed by atoms with E-state index in [1.807, 2.05) is 59.6 Å². The predicted octanol–water partition coefficient (Wildman–Crippen LogP) is 4.20. The van der Waals surface area contributed by atoms with Crippen molar-refractivity contribution in [3.63, 3.8) is 0 Å².